The molecule has 4 aliphatic heterocycles. The maximum absolute atomic E-state index is 16.9. The Morgan fingerprint density at radius 1 is 0.766 bits per heavy atom. The fraction of sp³-hybridized carbons (Fsp3) is 0.333. The number of hydrogen-bond donors (Lipinski definition) is 4. The molecule has 7 unspecified atom stereocenters. The second-order valence-electron chi connectivity index (χ2n) is 20.7. The number of cyclic esters (lactones) is 1. The van der Waals surface area contributed by atoms with Gasteiger partial charge in [0.1, 0.15) is 35.5 Å². The summed E-state index contributed by atoms with van der Waals surface area (Å²) in [4.78, 5) is 69.5. The van der Waals surface area contributed by atoms with Crippen LogP contribution in [-0.2, 0) is 29.3 Å². The smallest absolute Gasteiger partial charge is 0.329 e. The molecule has 1 aliphatic carbocycles. The number of fused-ring (bicyclic) bond motifs is 3. The molecule has 11 rings (SSSR count). The average Bonchev–Trinajstić information content (AvgIpc) is 3.52. The van der Waals surface area contributed by atoms with Gasteiger partial charge in [0.25, 0.3) is 0 Å². The molecule has 14 nitrogen and oxygen atoms in total. The molecule has 4 heterocycles. The minimum absolute atomic E-state index is 0.0353. The third-order valence-corrected chi connectivity index (χ3v) is 16.0. The van der Waals surface area contributed by atoms with Gasteiger partial charge in [-0.3, -0.25) is 19.3 Å². The Morgan fingerprint density at radius 3 is 2.08 bits per heavy atom. The Labute approximate surface area is 448 Å². The molecule has 6 aromatic carbocycles. The molecule has 77 heavy (non-hydrogen) atoms. The van der Waals surface area contributed by atoms with Crippen LogP contribution in [0, 0.1) is 17.8 Å². The standard InChI is InChI=1S/C63H63N5O9/c1-42(44-15-7-4-8-16-44)64-61(73)67-52-30-21-43(31-34-62(74)32-13-2-3-14-33-62)41-51(52)63(60(67)72)53(58(70)65-48-24-26-49(27-25-48)66-35-38-75-39-36-66)55-59(71)77-56(46-19-11-6-12-20-46)54(45-17-9-5-10-18-45)68(55)57(63)47-22-28-50(29-23-47)76-40-37-69/h4-12,15-30,41-42,53-57,69,74H,2-3,13-14,32-33,35-40H2,1H3,(H,64,73)(H,65,70). The molecule has 1 saturated carbocycles. The summed E-state index contributed by atoms with van der Waals surface area (Å²) in [6, 6.07) is 43.6. The van der Waals surface area contributed by atoms with Gasteiger partial charge in [0, 0.05) is 30.0 Å². The first-order chi connectivity index (χ1) is 37.6. The number of morpholine rings is 2. The maximum Gasteiger partial charge on any atom is 0.329 e. The zero-order chi connectivity index (χ0) is 53.1. The number of carbonyl (C=O) groups excluding carboxylic acids is 4. The van der Waals surface area contributed by atoms with Crippen LogP contribution in [0.15, 0.2) is 158 Å². The molecule has 394 valence electrons. The zero-order valence-corrected chi connectivity index (χ0v) is 43.1. The lowest BCUT2D eigenvalue weighted by atomic mass is 9.65. The number of benzene rings is 6. The Bertz CT molecular complexity index is 3150. The largest absolute Gasteiger partial charge is 0.491 e. The summed E-state index contributed by atoms with van der Waals surface area (Å²) in [7, 11) is 0. The number of imide groups is 1. The van der Waals surface area contributed by atoms with Crippen molar-refractivity contribution in [3.8, 4) is 17.6 Å². The minimum Gasteiger partial charge on any atom is -0.491 e. The van der Waals surface area contributed by atoms with Crippen molar-refractivity contribution in [1.82, 2.24) is 10.2 Å². The highest BCUT2D eigenvalue weighted by Gasteiger charge is 2.75. The average molecular weight is 1030 g/mol. The van der Waals surface area contributed by atoms with Gasteiger partial charge < -0.3 is 40.0 Å². The predicted molar refractivity (Wildman–Crippen MR) is 292 cm³/mol. The number of ether oxygens (including phenoxy) is 3. The molecule has 14 heteroatoms. The molecule has 4 amide bonds. The molecule has 0 aromatic heterocycles. The first-order valence-corrected chi connectivity index (χ1v) is 26.8. The van der Waals surface area contributed by atoms with E-state index in [4.69, 9.17) is 14.2 Å². The number of aliphatic hydroxyl groups is 2. The van der Waals surface area contributed by atoms with E-state index >= 15 is 19.2 Å². The fourth-order valence-electron chi connectivity index (χ4n) is 12.4. The lowest BCUT2D eigenvalue weighted by Gasteiger charge is -2.46. The molecule has 5 aliphatic rings. The number of esters is 1. The highest BCUT2D eigenvalue weighted by atomic mass is 16.6. The zero-order valence-electron chi connectivity index (χ0n) is 43.1. The normalized spacial score (nSPS) is 24.1. The van der Waals surface area contributed by atoms with Gasteiger partial charge in [0.15, 0.2) is 0 Å². The molecule has 6 aromatic rings. The summed E-state index contributed by atoms with van der Waals surface area (Å²) in [5, 5.41) is 27.8. The van der Waals surface area contributed by atoms with E-state index in [2.05, 4.69) is 27.4 Å². The third-order valence-electron chi connectivity index (χ3n) is 16.0. The lowest BCUT2D eigenvalue weighted by molar-refractivity contribution is -0.177. The van der Waals surface area contributed by atoms with E-state index < -0.39 is 71.0 Å². The number of urea groups is 1. The molecule has 0 bridgehead atoms. The molecule has 3 saturated heterocycles. The van der Waals surface area contributed by atoms with E-state index in [1.807, 2.05) is 139 Å². The number of hydrogen-bond acceptors (Lipinski definition) is 11. The summed E-state index contributed by atoms with van der Waals surface area (Å²) in [5.41, 5.74) is 1.87. The third kappa shape index (κ3) is 9.85. The van der Waals surface area contributed by atoms with Crippen LogP contribution < -0.4 is 25.2 Å². The molecule has 7 atom stereocenters. The van der Waals surface area contributed by atoms with E-state index in [0.717, 1.165) is 47.4 Å². The number of rotatable bonds is 11. The van der Waals surface area contributed by atoms with Crippen molar-refractivity contribution in [2.75, 3.05) is 54.6 Å². The Balaban J connectivity index is 1.16. The number of anilines is 3. The van der Waals surface area contributed by atoms with Crippen molar-refractivity contribution in [2.45, 2.75) is 86.7 Å². The van der Waals surface area contributed by atoms with E-state index in [9.17, 15) is 10.2 Å². The minimum atomic E-state index is -2.06. The monoisotopic (exact) mass is 1030 g/mol. The predicted octanol–water partition coefficient (Wildman–Crippen LogP) is 9.11. The van der Waals surface area contributed by atoms with Crippen LogP contribution in [0.1, 0.15) is 103 Å². The van der Waals surface area contributed by atoms with E-state index in [1.54, 1.807) is 30.3 Å². The van der Waals surface area contributed by atoms with Gasteiger partial charge in [-0.1, -0.05) is 128 Å². The van der Waals surface area contributed by atoms with Crippen molar-refractivity contribution < 1.29 is 43.6 Å². The summed E-state index contributed by atoms with van der Waals surface area (Å²) >= 11 is 0. The number of aliphatic hydroxyl groups excluding tert-OH is 1. The van der Waals surface area contributed by atoms with Gasteiger partial charge >= 0.3 is 12.0 Å². The van der Waals surface area contributed by atoms with E-state index in [-0.39, 0.29) is 18.9 Å². The van der Waals surface area contributed by atoms with Crippen molar-refractivity contribution in [1.29, 1.82) is 0 Å². The van der Waals surface area contributed by atoms with Crippen LogP contribution in [0.2, 0.25) is 0 Å². The molecule has 4 fully saturated rings. The Hall–Kier alpha value is -7.80. The first kappa shape index (κ1) is 51.3. The molecular weight excluding hydrogens is 971 g/mol. The van der Waals surface area contributed by atoms with Crippen molar-refractivity contribution in [3.05, 3.63) is 191 Å². The molecule has 4 N–H and O–H groups in total. The number of nitrogens with zero attached hydrogens (tertiary/aromatic N) is 3. The van der Waals surface area contributed by atoms with Crippen molar-refractivity contribution >= 4 is 40.9 Å². The van der Waals surface area contributed by atoms with Gasteiger partial charge in [-0.05, 0) is 115 Å². The van der Waals surface area contributed by atoms with E-state index in [0.29, 0.717) is 72.8 Å². The highest BCUT2D eigenvalue weighted by molar-refractivity contribution is 6.25. The fourth-order valence-corrected chi connectivity index (χ4v) is 12.4. The Kier molecular flexibility index (Phi) is 14.7. The molecule has 0 radical (unpaired) electrons. The maximum atomic E-state index is 16.9. The van der Waals surface area contributed by atoms with Crippen LogP contribution >= 0.6 is 0 Å². The van der Waals surface area contributed by atoms with Crippen molar-refractivity contribution in [3.63, 3.8) is 0 Å². The van der Waals surface area contributed by atoms with E-state index in [1.165, 1.54) is 0 Å². The topological polar surface area (TPSA) is 170 Å². The van der Waals surface area contributed by atoms with Gasteiger partial charge in [0.05, 0.1) is 49.6 Å². The SMILES string of the molecule is CC(NC(=O)N1C(=O)C2(c3cc(C#CC4(O)CCCCCC4)ccc31)C(C(=O)Nc1ccc(N3CCOCC3)cc1)C1C(=O)OC(c3ccccc3)C(c3ccccc3)N1C2c1ccc(OCCO)cc1)c1ccccc1. The lowest BCUT2D eigenvalue weighted by Crippen LogP contribution is -2.55. The second-order valence-corrected chi connectivity index (χ2v) is 20.7. The first-order valence-electron chi connectivity index (χ1n) is 26.8. The Morgan fingerprint density at radius 2 is 1.42 bits per heavy atom. The summed E-state index contributed by atoms with van der Waals surface area (Å²) < 4.78 is 18.2. The van der Waals surface area contributed by atoms with Gasteiger partial charge in [0.2, 0.25) is 11.8 Å². The van der Waals surface area contributed by atoms with Crippen molar-refractivity contribution in [2.24, 2.45) is 5.92 Å². The van der Waals surface area contributed by atoms with Crippen LogP contribution in [0.25, 0.3) is 0 Å². The number of nitrogens with one attached hydrogen (secondary N) is 2. The number of carbonyl (C=O) groups is 4. The molecule has 1 spiro atoms. The molecular formula is C63H63N5O9. The second kappa shape index (κ2) is 22.0. The van der Waals surface area contributed by atoms with Gasteiger partial charge in [-0.25, -0.2) is 9.69 Å². The van der Waals surface area contributed by atoms with Crippen LogP contribution in [0.3, 0.4) is 0 Å². The van der Waals surface area contributed by atoms with Crippen LogP contribution in [-0.4, -0.2) is 90.1 Å². The highest BCUT2D eigenvalue weighted by Crippen LogP contribution is 2.66. The van der Waals surface area contributed by atoms with Crippen LogP contribution in [0.5, 0.6) is 5.75 Å². The van der Waals surface area contributed by atoms with Gasteiger partial charge in [-0.15, -0.1) is 0 Å². The summed E-state index contributed by atoms with van der Waals surface area (Å²) in [6.45, 7) is 4.26. The summed E-state index contributed by atoms with van der Waals surface area (Å²) in [6.07, 6.45) is 3.76. The van der Waals surface area contributed by atoms with Crippen LogP contribution in [0.4, 0.5) is 21.9 Å². The number of amides is 4. The quantitative estimate of drug-likeness (QED) is 0.0555. The van der Waals surface area contributed by atoms with Gasteiger partial charge in [-0.2, -0.15) is 0 Å². The summed E-state index contributed by atoms with van der Waals surface area (Å²) in [5.74, 6) is 3.28.